The lowest BCUT2D eigenvalue weighted by Crippen LogP contribution is -2.32. The Morgan fingerprint density at radius 2 is 2.13 bits per heavy atom. The number of anilines is 1. The number of benzene rings is 1. The zero-order valence-electron chi connectivity index (χ0n) is 8.39. The van der Waals surface area contributed by atoms with E-state index >= 15 is 0 Å². The van der Waals surface area contributed by atoms with E-state index in [0.29, 0.717) is 12.8 Å². The molecule has 0 radical (unpaired) electrons. The van der Waals surface area contributed by atoms with Crippen molar-refractivity contribution in [1.82, 2.24) is 0 Å². The fourth-order valence-corrected chi connectivity index (χ4v) is 1.99. The summed E-state index contributed by atoms with van der Waals surface area (Å²) in [5.41, 5.74) is 0.903. The number of carbonyl (C=O) groups excluding carboxylic acids is 1. The van der Waals surface area contributed by atoms with Crippen LogP contribution in [0.15, 0.2) is 30.3 Å². The van der Waals surface area contributed by atoms with Gasteiger partial charge in [0.1, 0.15) is 0 Å². The maximum Gasteiger partial charge on any atom is 0.227 e. The number of hydrogen-bond donors (Lipinski definition) is 0. The Bertz CT molecular complexity index is 394. The first-order valence-electron chi connectivity index (χ1n) is 5.07. The van der Waals surface area contributed by atoms with E-state index in [1.54, 1.807) is 4.90 Å². The molecular formula is C12H12N2O. The number of para-hydroxylation sites is 1. The Morgan fingerprint density at radius 3 is 2.80 bits per heavy atom. The topological polar surface area (TPSA) is 44.1 Å². The van der Waals surface area contributed by atoms with Gasteiger partial charge in [-0.2, -0.15) is 5.26 Å². The van der Waals surface area contributed by atoms with Gasteiger partial charge in [0.05, 0.1) is 18.5 Å². The Morgan fingerprint density at radius 1 is 1.40 bits per heavy atom. The molecule has 1 fully saturated rings. The third kappa shape index (κ3) is 1.84. The van der Waals surface area contributed by atoms with Crippen molar-refractivity contribution in [2.75, 3.05) is 4.90 Å². The molecule has 1 aromatic carbocycles. The van der Waals surface area contributed by atoms with E-state index in [4.69, 9.17) is 5.26 Å². The average molecular weight is 200 g/mol. The molecule has 0 aliphatic carbocycles. The van der Waals surface area contributed by atoms with Gasteiger partial charge in [-0.1, -0.05) is 18.2 Å². The van der Waals surface area contributed by atoms with Gasteiger partial charge >= 0.3 is 0 Å². The normalized spacial score (nSPS) is 20.3. The van der Waals surface area contributed by atoms with Crippen molar-refractivity contribution in [3.05, 3.63) is 30.3 Å². The van der Waals surface area contributed by atoms with E-state index in [-0.39, 0.29) is 11.9 Å². The lowest BCUT2D eigenvalue weighted by Gasteiger charge is -2.22. The van der Waals surface area contributed by atoms with E-state index in [9.17, 15) is 4.79 Å². The van der Waals surface area contributed by atoms with Crippen molar-refractivity contribution in [2.24, 2.45) is 0 Å². The number of nitrogens with zero attached hydrogens (tertiary/aromatic N) is 2. The maximum absolute atomic E-state index is 11.7. The van der Waals surface area contributed by atoms with Gasteiger partial charge in [0.2, 0.25) is 5.91 Å². The first-order chi connectivity index (χ1) is 7.33. The molecule has 0 N–H and O–H groups in total. The van der Waals surface area contributed by atoms with Crippen LogP contribution < -0.4 is 4.90 Å². The summed E-state index contributed by atoms with van der Waals surface area (Å²) in [6.45, 7) is 0. The molecule has 1 aliphatic heterocycles. The minimum Gasteiger partial charge on any atom is -0.308 e. The molecule has 1 heterocycles. The van der Waals surface area contributed by atoms with Crippen molar-refractivity contribution in [2.45, 2.75) is 25.3 Å². The van der Waals surface area contributed by atoms with Gasteiger partial charge in [0.15, 0.2) is 0 Å². The first-order valence-corrected chi connectivity index (χ1v) is 5.07. The number of nitriles is 1. The molecule has 0 aromatic heterocycles. The van der Waals surface area contributed by atoms with Crippen molar-refractivity contribution < 1.29 is 4.79 Å². The summed E-state index contributed by atoms with van der Waals surface area (Å²) >= 11 is 0. The minimum atomic E-state index is 0.0601. The molecular weight excluding hydrogens is 188 g/mol. The largest absolute Gasteiger partial charge is 0.308 e. The van der Waals surface area contributed by atoms with E-state index in [1.165, 1.54) is 0 Å². The maximum atomic E-state index is 11.7. The van der Waals surface area contributed by atoms with Gasteiger partial charge < -0.3 is 4.90 Å². The van der Waals surface area contributed by atoms with Gasteiger partial charge in [0, 0.05) is 12.1 Å². The standard InChI is InChI=1S/C12H12N2O/c13-9-8-11-6-7-12(15)14(11)10-4-2-1-3-5-10/h1-5,11H,6-8H2. The first kappa shape index (κ1) is 9.72. The molecule has 15 heavy (non-hydrogen) atoms. The molecule has 2 rings (SSSR count). The van der Waals surface area contributed by atoms with Crippen LogP contribution in [0.4, 0.5) is 5.69 Å². The number of rotatable bonds is 2. The molecule has 3 nitrogen and oxygen atoms in total. The van der Waals surface area contributed by atoms with E-state index in [0.717, 1.165) is 12.1 Å². The molecule has 1 amide bonds. The fraction of sp³-hybridized carbons (Fsp3) is 0.333. The lowest BCUT2D eigenvalue weighted by atomic mass is 10.1. The van der Waals surface area contributed by atoms with Crippen molar-refractivity contribution >= 4 is 11.6 Å². The van der Waals surface area contributed by atoms with Crippen LogP contribution in [0.25, 0.3) is 0 Å². The van der Waals surface area contributed by atoms with Crippen LogP contribution in [0.2, 0.25) is 0 Å². The third-order valence-corrected chi connectivity index (χ3v) is 2.69. The van der Waals surface area contributed by atoms with Gasteiger partial charge in [-0.3, -0.25) is 4.79 Å². The second-order valence-electron chi connectivity index (χ2n) is 3.65. The zero-order chi connectivity index (χ0) is 10.7. The van der Waals surface area contributed by atoms with Crippen LogP contribution >= 0.6 is 0 Å². The SMILES string of the molecule is N#CCC1CCC(=O)N1c1ccccc1. The summed E-state index contributed by atoms with van der Waals surface area (Å²) in [6, 6.07) is 11.8. The summed E-state index contributed by atoms with van der Waals surface area (Å²) in [5.74, 6) is 0.126. The molecule has 1 unspecified atom stereocenters. The van der Waals surface area contributed by atoms with Gasteiger partial charge in [0.25, 0.3) is 0 Å². The van der Waals surface area contributed by atoms with Crippen LogP contribution in [-0.4, -0.2) is 11.9 Å². The summed E-state index contributed by atoms with van der Waals surface area (Å²) in [7, 11) is 0. The summed E-state index contributed by atoms with van der Waals surface area (Å²) in [4.78, 5) is 13.4. The highest BCUT2D eigenvalue weighted by Gasteiger charge is 2.31. The van der Waals surface area contributed by atoms with Crippen LogP contribution in [0.1, 0.15) is 19.3 Å². The van der Waals surface area contributed by atoms with Gasteiger partial charge in [-0.05, 0) is 18.6 Å². The van der Waals surface area contributed by atoms with Crippen LogP contribution in [0.5, 0.6) is 0 Å². The molecule has 1 aliphatic rings. The molecule has 3 heteroatoms. The molecule has 0 saturated carbocycles. The molecule has 0 bridgehead atoms. The smallest absolute Gasteiger partial charge is 0.227 e. The second-order valence-corrected chi connectivity index (χ2v) is 3.65. The predicted octanol–water partition coefficient (Wildman–Crippen LogP) is 2.10. The van der Waals surface area contributed by atoms with Crippen molar-refractivity contribution in [3.8, 4) is 6.07 Å². The molecule has 1 atom stereocenters. The Kier molecular flexibility index (Phi) is 2.68. The van der Waals surface area contributed by atoms with Gasteiger partial charge in [-0.25, -0.2) is 0 Å². The third-order valence-electron chi connectivity index (χ3n) is 2.69. The zero-order valence-corrected chi connectivity index (χ0v) is 8.39. The Hall–Kier alpha value is -1.82. The number of hydrogen-bond acceptors (Lipinski definition) is 2. The molecule has 0 spiro atoms. The number of carbonyl (C=O) groups is 1. The van der Waals surface area contributed by atoms with Crippen molar-refractivity contribution in [1.29, 1.82) is 5.26 Å². The molecule has 1 aromatic rings. The Labute approximate surface area is 88.9 Å². The van der Waals surface area contributed by atoms with E-state index < -0.39 is 0 Å². The Balaban J connectivity index is 2.26. The van der Waals surface area contributed by atoms with E-state index in [1.807, 2.05) is 30.3 Å². The quantitative estimate of drug-likeness (QED) is 0.733. The fourth-order valence-electron chi connectivity index (χ4n) is 1.99. The summed E-state index contributed by atoms with van der Waals surface area (Å²) in [6.07, 6.45) is 1.77. The van der Waals surface area contributed by atoms with Crippen LogP contribution in [0.3, 0.4) is 0 Å². The van der Waals surface area contributed by atoms with Crippen molar-refractivity contribution in [3.63, 3.8) is 0 Å². The highest BCUT2D eigenvalue weighted by atomic mass is 16.2. The minimum absolute atomic E-state index is 0.0601. The summed E-state index contributed by atoms with van der Waals surface area (Å²) < 4.78 is 0. The monoisotopic (exact) mass is 200 g/mol. The van der Waals surface area contributed by atoms with E-state index in [2.05, 4.69) is 6.07 Å². The second kappa shape index (κ2) is 4.14. The van der Waals surface area contributed by atoms with Crippen LogP contribution in [0, 0.1) is 11.3 Å². The predicted molar refractivity (Wildman–Crippen MR) is 57.2 cm³/mol. The van der Waals surface area contributed by atoms with Crippen LogP contribution in [-0.2, 0) is 4.79 Å². The lowest BCUT2D eigenvalue weighted by molar-refractivity contribution is -0.117. The van der Waals surface area contributed by atoms with Gasteiger partial charge in [-0.15, -0.1) is 0 Å². The number of amides is 1. The average Bonchev–Trinajstić information content (AvgIpc) is 2.62. The highest BCUT2D eigenvalue weighted by Crippen LogP contribution is 2.27. The highest BCUT2D eigenvalue weighted by molar-refractivity contribution is 5.96. The molecule has 76 valence electrons. The summed E-state index contributed by atoms with van der Waals surface area (Å²) in [5, 5.41) is 8.69. The molecule has 1 saturated heterocycles.